The summed E-state index contributed by atoms with van der Waals surface area (Å²) < 4.78 is 0. The highest BCUT2D eigenvalue weighted by atomic mass is 16.2. The zero-order valence-electron chi connectivity index (χ0n) is 15.2. The van der Waals surface area contributed by atoms with Gasteiger partial charge in [0.15, 0.2) is 0 Å². The Bertz CT molecular complexity index is 942. The minimum atomic E-state index is -0.358. The fraction of sp³-hybridized carbons (Fsp3) is 0.238. The van der Waals surface area contributed by atoms with Crippen molar-refractivity contribution in [3.8, 4) is 0 Å². The number of carbonyl (C=O) groups excluding carboxylic acids is 3. The largest absolute Gasteiger partial charge is 0.348 e. The molecule has 3 amide bonds. The number of hydrazine groups is 1. The number of amides is 3. The monoisotopic (exact) mass is 376 g/mol. The molecule has 0 saturated carbocycles. The number of hydrogen-bond acceptors (Lipinski definition) is 4. The highest BCUT2D eigenvalue weighted by Gasteiger charge is 2.42. The van der Waals surface area contributed by atoms with Crippen molar-refractivity contribution < 1.29 is 14.4 Å². The molecule has 2 unspecified atom stereocenters. The molecule has 2 heterocycles. The minimum Gasteiger partial charge on any atom is -0.348 e. The normalized spacial score (nSPS) is 21.1. The van der Waals surface area contributed by atoms with Gasteiger partial charge in [0.2, 0.25) is 11.8 Å². The van der Waals surface area contributed by atoms with Crippen LogP contribution in [0.3, 0.4) is 0 Å². The Morgan fingerprint density at radius 3 is 2.64 bits per heavy atom. The highest BCUT2D eigenvalue weighted by molar-refractivity contribution is 6.05. The van der Waals surface area contributed by atoms with Crippen LogP contribution >= 0.6 is 0 Å². The fourth-order valence-electron chi connectivity index (χ4n) is 3.55. The van der Waals surface area contributed by atoms with Crippen molar-refractivity contribution in [2.45, 2.75) is 19.4 Å². The van der Waals surface area contributed by atoms with Gasteiger partial charge in [-0.3, -0.25) is 24.8 Å². The van der Waals surface area contributed by atoms with Crippen molar-refractivity contribution in [1.29, 1.82) is 0 Å². The molecular formula is C21H20N4O3. The number of rotatable bonds is 4. The SMILES string of the molecule is O=C(NCc1ccncc1)c1cccc(N2NC(=O)C3CC=CCC3C2=O)c1. The van der Waals surface area contributed by atoms with E-state index in [1.807, 2.05) is 24.3 Å². The summed E-state index contributed by atoms with van der Waals surface area (Å²) in [5.74, 6) is -1.25. The summed E-state index contributed by atoms with van der Waals surface area (Å²) in [6.45, 7) is 0.376. The molecule has 0 bridgehead atoms. The maximum Gasteiger partial charge on any atom is 0.251 e. The van der Waals surface area contributed by atoms with Gasteiger partial charge in [0.05, 0.1) is 17.5 Å². The summed E-state index contributed by atoms with van der Waals surface area (Å²) in [6.07, 6.45) is 8.35. The summed E-state index contributed by atoms with van der Waals surface area (Å²) in [7, 11) is 0. The number of aromatic nitrogens is 1. The second-order valence-corrected chi connectivity index (χ2v) is 6.89. The van der Waals surface area contributed by atoms with Crippen LogP contribution in [0.25, 0.3) is 0 Å². The van der Waals surface area contributed by atoms with E-state index in [0.717, 1.165) is 5.56 Å². The number of pyridine rings is 1. The van der Waals surface area contributed by atoms with E-state index in [1.165, 1.54) is 5.01 Å². The number of allylic oxidation sites excluding steroid dienone is 2. The van der Waals surface area contributed by atoms with Crippen molar-refractivity contribution in [3.05, 3.63) is 72.1 Å². The number of nitrogens with one attached hydrogen (secondary N) is 2. The van der Waals surface area contributed by atoms with Gasteiger partial charge in [0.1, 0.15) is 0 Å². The van der Waals surface area contributed by atoms with Crippen LogP contribution < -0.4 is 15.8 Å². The van der Waals surface area contributed by atoms with Crippen molar-refractivity contribution in [2.75, 3.05) is 5.01 Å². The summed E-state index contributed by atoms with van der Waals surface area (Å²) in [5, 5.41) is 4.11. The van der Waals surface area contributed by atoms with Crippen molar-refractivity contribution >= 4 is 23.4 Å². The average Bonchev–Trinajstić information content (AvgIpc) is 2.75. The molecule has 2 atom stereocenters. The maximum atomic E-state index is 12.9. The second-order valence-electron chi connectivity index (χ2n) is 6.89. The predicted molar refractivity (Wildman–Crippen MR) is 103 cm³/mol. The molecule has 7 heteroatoms. The number of benzene rings is 1. The summed E-state index contributed by atoms with van der Waals surface area (Å²) >= 11 is 0. The van der Waals surface area contributed by atoms with Gasteiger partial charge in [-0.25, -0.2) is 5.01 Å². The smallest absolute Gasteiger partial charge is 0.251 e. The van der Waals surface area contributed by atoms with Crippen LogP contribution in [-0.4, -0.2) is 22.7 Å². The maximum absolute atomic E-state index is 12.9. The lowest BCUT2D eigenvalue weighted by molar-refractivity contribution is -0.139. The number of carbonyl (C=O) groups is 3. The third kappa shape index (κ3) is 3.51. The zero-order valence-corrected chi connectivity index (χ0v) is 15.2. The Morgan fingerprint density at radius 1 is 1.11 bits per heavy atom. The van der Waals surface area contributed by atoms with Gasteiger partial charge in [-0.2, -0.15) is 0 Å². The van der Waals surface area contributed by atoms with Crippen LogP contribution in [-0.2, 0) is 16.1 Å². The molecule has 0 spiro atoms. The molecule has 0 radical (unpaired) electrons. The van der Waals surface area contributed by atoms with Crippen molar-refractivity contribution in [3.63, 3.8) is 0 Å². The zero-order chi connectivity index (χ0) is 19.5. The van der Waals surface area contributed by atoms with E-state index in [1.54, 1.807) is 36.7 Å². The Labute approximate surface area is 162 Å². The van der Waals surface area contributed by atoms with Crippen LogP contribution in [0.5, 0.6) is 0 Å². The molecule has 2 N–H and O–H groups in total. The van der Waals surface area contributed by atoms with Crippen LogP contribution in [0.1, 0.15) is 28.8 Å². The lowest BCUT2D eigenvalue weighted by atomic mass is 9.80. The Balaban J connectivity index is 1.50. The lowest BCUT2D eigenvalue weighted by Crippen LogP contribution is -2.59. The van der Waals surface area contributed by atoms with Crippen LogP contribution in [0, 0.1) is 11.8 Å². The first-order valence-corrected chi connectivity index (χ1v) is 9.20. The average molecular weight is 376 g/mol. The van der Waals surface area contributed by atoms with Crippen molar-refractivity contribution in [1.82, 2.24) is 15.7 Å². The Kier molecular flexibility index (Phi) is 4.89. The van der Waals surface area contributed by atoms with Gasteiger partial charge >= 0.3 is 0 Å². The number of anilines is 1. The molecule has 1 aromatic heterocycles. The molecular weight excluding hydrogens is 356 g/mol. The minimum absolute atomic E-state index is 0.150. The van der Waals surface area contributed by atoms with Gasteiger partial charge in [0, 0.05) is 24.5 Å². The van der Waals surface area contributed by atoms with Gasteiger partial charge in [-0.15, -0.1) is 0 Å². The van der Waals surface area contributed by atoms with E-state index in [-0.39, 0.29) is 29.6 Å². The number of fused-ring (bicyclic) bond motifs is 1. The standard InChI is InChI=1S/C21H20N4O3/c26-19(23-13-14-8-10-22-11-9-14)15-4-3-5-16(12-15)25-21(28)18-7-2-1-6-17(18)20(27)24-25/h1-5,8-12,17-18H,6-7,13H2,(H,23,26)(H,24,27). The summed E-state index contributed by atoms with van der Waals surface area (Å²) in [4.78, 5) is 41.7. The van der Waals surface area contributed by atoms with E-state index < -0.39 is 0 Å². The van der Waals surface area contributed by atoms with E-state index in [9.17, 15) is 14.4 Å². The Hall–Kier alpha value is -3.48. The van der Waals surface area contributed by atoms with E-state index in [4.69, 9.17) is 0 Å². The molecule has 1 saturated heterocycles. The quantitative estimate of drug-likeness (QED) is 0.798. The van der Waals surface area contributed by atoms with Gasteiger partial charge in [-0.05, 0) is 48.7 Å². The topological polar surface area (TPSA) is 91.4 Å². The van der Waals surface area contributed by atoms with E-state index in [2.05, 4.69) is 15.7 Å². The summed E-state index contributed by atoms with van der Waals surface area (Å²) in [5.41, 5.74) is 4.51. The number of nitrogens with zero attached hydrogens (tertiary/aromatic N) is 2. The van der Waals surface area contributed by atoms with E-state index >= 15 is 0 Å². The molecule has 4 rings (SSSR count). The van der Waals surface area contributed by atoms with E-state index in [0.29, 0.717) is 30.6 Å². The van der Waals surface area contributed by atoms with Gasteiger partial charge in [-0.1, -0.05) is 18.2 Å². The first kappa shape index (κ1) is 17.9. The third-order valence-corrected chi connectivity index (χ3v) is 5.10. The molecule has 2 aliphatic rings. The molecule has 1 aliphatic carbocycles. The van der Waals surface area contributed by atoms with Crippen LogP contribution in [0.15, 0.2) is 60.9 Å². The predicted octanol–water partition coefficient (Wildman–Crippen LogP) is 1.97. The highest BCUT2D eigenvalue weighted by Crippen LogP contribution is 2.32. The lowest BCUT2D eigenvalue weighted by Gasteiger charge is -2.38. The molecule has 28 heavy (non-hydrogen) atoms. The van der Waals surface area contributed by atoms with Crippen LogP contribution in [0.4, 0.5) is 5.69 Å². The first-order valence-electron chi connectivity index (χ1n) is 9.20. The third-order valence-electron chi connectivity index (χ3n) is 5.10. The molecule has 1 aliphatic heterocycles. The molecule has 1 aromatic carbocycles. The molecule has 7 nitrogen and oxygen atoms in total. The first-order chi connectivity index (χ1) is 13.6. The second kappa shape index (κ2) is 7.64. The van der Waals surface area contributed by atoms with Crippen molar-refractivity contribution in [2.24, 2.45) is 11.8 Å². The molecule has 1 fully saturated rings. The molecule has 2 aromatic rings. The summed E-state index contributed by atoms with van der Waals surface area (Å²) in [6, 6.07) is 10.3. The van der Waals surface area contributed by atoms with Crippen LogP contribution in [0.2, 0.25) is 0 Å². The van der Waals surface area contributed by atoms with Gasteiger partial charge < -0.3 is 5.32 Å². The molecule has 142 valence electrons. The Morgan fingerprint density at radius 2 is 1.86 bits per heavy atom. The van der Waals surface area contributed by atoms with Gasteiger partial charge in [0.25, 0.3) is 5.91 Å². The number of hydrogen-bond donors (Lipinski definition) is 2. The fourth-order valence-corrected chi connectivity index (χ4v) is 3.55.